The number of rotatable bonds is 3. The standard InChI is InChI=1S/C5H9NO/c1-3-7-4-5(2)6/h3,6H,1,4H2,2H3. The highest BCUT2D eigenvalue weighted by atomic mass is 16.5. The SMILES string of the molecule is C=COCC(C)=N. The second-order valence-electron chi connectivity index (χ2n) is 1.26. The summed E-state index contributed by atoms with van der Waals surface area (Å²) in [7, 11) is 0. The third-order valence-corrected chi connectivity index (χ3v) is 0.418. The van der Waals surface area contributed by atoms with Gasteiger partial charge in [0.1, 0.15) is 6.61 Å². The maximum absolute atomic E-state index is 6.82. The molecule has 0 fully saturated rings. The van der Waals surface area contributed by atoms with Crippen LogP contribution in [0.5, 0.6) is 0 Å². The Morgan fingerprint density at radius 1 is 2.00 bits per heavy atom. The maximum atomic E-state index is 6.82. The van der Waals surface area contributed by atoms with E-state index in [1.54, 1.807) is 6.92 Å². The first-order chi connectivity index (χ1) is 3.27. The molecule has 0 aromatic rings. The lowest BCUT2D eigenvalue weighted by molar-refractivity contribution is 0.302. The summed E-state index contributed by atoms with van der Waals surface area (Å²) in [5, 5.41) is 6.82. The monoisotopic (exact) mass is 99.1 g/mol. The Labute approximate surface area is 43.3 Å². The topological polar surface area (TPSA) is 33.1 Å². The van der Waals surface area contributed by atoms with Crippen LogP contribution in [-0.4, -0.2) is 12.3 Å². The Morgan fingerprint density at radius 2 is 2.57 bits per heavy atom. The lowest BCUT2D eigenvalue weighted by Crippen LogP contribution is -1.97. The Hall–Kier alpha value is -0.790. The Morgan fingerprint density at radius 3 is 2.71 bits per heavy atom. The van der Waals surface area contributed by atoms with Crippen molar-refractivity contribution in [2.24, 2.45) is 0 Å². The van der Waals surface area contributed by atoms with Gasteiger partial charge >= 0.3 is 0 Å². The van der Waals surface area contributed by atoms with E-state index in [1.165, 1.54) is 6.26 Å². The molecule has 0 atom stereocenters. The normalized spacial score (nSPS) is 7.57. The molecule has 2 nitrogen and oxygen atoms in total. The van der Waals surface area contributed by atoms with Crippen LogP contribution < -0.4 is 0 Å². The molecular formula is C5H9NO. The van der Waals surface area contributed by atoms with E-state index in [2.05, 4.69) is 11.3 Å². The second-order valence-corrected chi connectivity index (χ2v) is 1.26. The highest BCUT2D eigenvalue weighted by Gasteiger charge is 1.79. The van der Waals surface area contributed by atoms with Crippen molar-refractivity contribution >= 4 is 5.71 Å². The molecule has 7 heavy (non-hydrogen) atoms. The van der Waals surface area contributed by atoms with Crippen LogP contribution in [0, 0.1) is 5.41 Å². The van der Waals surface area contributed by atoms with E-state index in [9.17, 15) is 0 Å². The van der Waals surface area contributed by atoms with Gasteiger partial charge in [-0.05, 0) is 6.92 Å². The number of hydrogen-bond acceptors (Lipinski definition) is 2. The predicted molar refractivity (Wildman–Crippen MR) is 29.5 cm³/mol. The molecule has 0 bridgehead atoms. The lowest BCUT2D eigenvalue weighted by atomic mass is 10.5. The second kappa shape index (κ2) is 3.40. The van der Waals surface area contributed by atoms with Crippen LogP contribution in [0.15, 0.2) is 12.8 Å². The summed E-state index contributed by atoms with van der Waals surface area (Å²) < 4.78 is 4.63. The smallest absolute Gasteiger partial charge is 0.124 e. The van der Waals surface area contributed by atoms with Crippen molar-refractivity contribution < 1.29 is 4.74 Å². The molecule has 0 spiro atoms. The van der Waals surface area contributed by atoms with Gasteiger partial charge in [0, 0.05) is 5.71 Å². The largest absolute Gasteiger partial charge is 0.496 e. The average Bonchev–Trinajstić information content (AvgIpc) is 1.61. The number of nitrogens with one attached hydrogen (secondary N) is 1. The number of hydrogen-bond donors (Lipinski definition) is 1. The summed E-state index contributed by atoms with van der Waals surface area (Å²) in [5.41, 5.74) is 0.514. The van der Waals surface area contributed by atoms with Gasteiger partial charge in [-0.15, -0.1) is 0 Å². The molecule has 0 unspecified atom stereocenters. The van der Waals surface area contributed by atoms with E-state index in [0.717, 1.165) is 0 Å². The third-order valence-electron chi connectivity index (χ3n) is 0.418. The van der Waals surface area contributed by atoms with Crippen LogP contribution in [0.3, 0.4) is 0 Å². The van der Waals surface area contributed by atoms with E-state index >= 15 is 0 Å². The van der Waals surface area contributed by atoms with Gasteiger partial charge in [0.15, 0.2) is 0 Å². The fourth-order valence-corrected chi connectivity index (χ4v) is 0.184. The zero-order valence-corrected chi connectivity index (χ0v) is 4.40. The zero-order chi connectivity index (χ0) is 5.70. The molecule has 0 radical (unpaired) electrons. The van der Waals surface area contributed by atoms with Crippen molar-refractivity contribution in [3.05, 3.63) is 12.8 Å². The molecule has 0 aliphatic heterocycles. The van der Waals surface area contributed by atoms with Crippen LogP contribution in [0.2, 0.25) is 0 Å². The molecule has 0 amide bonds. The molecule has 0 rings (SSSR count). The third kappa shape index (κ3) is 5.21. The minimum atomic E-state index is 0.365. The van der Waals surface area contributed by atoms with E-state index in [0.29, 0.717) is 12.3 Å². The van der Waals surface area contributed by atoms with Gasteiger partial charge in [-0.2, -0.15) is 0 Å². The van der Waals surface area contributed by atoms with Gasteiger partial charge in [0.05, 0.1) is 6.26 Å². The molecule has 40 valence electrons. The fourth-order valence-electron chi connectivity index (χ4n) is 0.184. The predicted octanol–water partition coefficient (Wildman–Crippen LogP) is 1.19. The van der Waals surface area contributed by atoms with Crippen molar-refractivity contribution in [1.82, 2.24) is 0 Å². The summed E-state index contributed by atoms with van der Waals surface area (Å²) in [6.07, 6.45) is 1.33. The first-order valence-electron chi connectivity index (χ1n) is 2.04. The van der Waals surface area contributed by atoms with Crippen LogP contribution in [0.25, 0.3) is 0 Å². The maximum Gasteiger partial charge on any atom is 0.124 e. The zero-order valence-electron chi connectivity index (χ0n) is 4.40. The van der Waals surface area contributed by atoms with Crippen molar-refractivity contribution in [2.45, 2.75) is 6.92 Å². The van der Waals surface area contributed by atoms with E-state index in [4.69, 9.17) is 5.41 Å². The quantitative estimate of drug-likeness (QED) is 0.418. The molecule has 0 aromatic carbocycles. The first-order valence-corrected chi connectivity index (χ1v) is 2.04. The molecule has 1 N–H and O–H groups in total. The van der Waals surface area contributed by atoms with Crippen molar-refractivity contribution in [3.63, 3.8) is 0 Å². The van der Waals surface area contributed by atoms with Crippen LogP contribution in [-0.2, 0) is 4.74 Å². The van der Waals surface area contributed by atoms with Crippen LogP contribution in [0.4, 0.5) is 0 Å². The minimum absolute atomic E-state index is 0.365. The molecule has 0 aliphatic rings. The molecule has 2 heteroatoms. The van der Waals surface area contributed by atoms with Crippen LogP contribution >= 0.6 is 0 Å². The first kappa shape index (κ1) is 6.21. The molecule has 0 saturated heterocycles. The summed E-state index contributed by atoms with van der Waals surface area (Å²) >= 11 is 0. The van der Waals surface area contributed by atoms with Crippen molar-refractivity contribution in [1.29, 1.82) is 5.41 Å². The van der Waals surface area contributed by atoms with E-state index < -0.39 is 0 Å². The van der Waals surface area contributed by atoms with Gasteiger partial charge in [-0.25, -0.2) is 0 Å². The Kier molecular flexibility index (Phi) is 3.02. The van der Waals surface area contributed by atoms with Gasteiger partial charge < -0.3 is 10.1 Å². The van der Waals surface area contributed by atoms with Gasteiger partial charge in [-0.3, -0.25) is 0 Å². The average molecular weight is 99.1 g/mol. The Balaban J connectivity index is 2.97. The minimum Gasteiger partial charge on any atom is -0.496 e. The highest BCUT2D eigenvalue weighted by Crippen LogP contribution is 1.73. The van der Waals surface area contributed by atoms with Crippen LogP contribution in [0.1, 0.15) is 6.92 Å². The van der Waals surface area contributed by atoms with Crippen molar-refractivity contribution in [2.75, 3.05) is 6.61 Å². The summed E-state index contributed by atoms with van der Waals surface area (Å²) in [6.45, 7) is 5.36. The number of ether oxygens (including phenoxy) is 1. The summed E-state index contributed by atoms with van der Waals surface area (Å²) in [4.78, 5) is 0. The Bertz CT molecular complexity index is 78.1. The molecule has 0 saturated carbocycles. The van der Waals surface area contributed by atoms with E-state index in [1.807, 2.05) is 0 Å². The summed E-state index contributed by atoms with van der Waals surface area (Å²) in [5.74, 6) is 0. The molecule has 0 aliphatic carbocycles. The van der Waals surface area contributed by atoms with Gasteiger partial charge in [0.25, 0.3) is 0 Å². The summed E-state index contributed by atoms with van der Waals surface area (Å²) in [6, 6.07) is 0. The molecule has 0 heterocycles. The van der Waals surface area contributed by atoms with Gasteiger partial charge in [-0.1, -0.05) is 6.58 Å². The molecular weight excluding hydrogens is 90.1 g/mol. The van der Waals surface area contributed by atoms with Crippen molar-refractivity contribution in [3.8, 4) is 0 Å². The fraction of sp³-hybridized carbons (Fsp3) is 0.400. The highest BCUT2D eigenvalue weighted by molar-refractivity contribution is 5.79. The lowest BCUT2D eigenvalue weighted by Gasteiger charge is -1.93. The van der Waals surface area contributed by atoms with E-state index in [-0.39, 0.29) is 0 Å². The molecule has 0 aromatic heterocycles. The van der Waals surface area contributed by atoms with Gasteiger partial charge in [0.2, 0.25) is 0 Å².